The van der Waals surface area contributed by atoms with E-state index in [1.54, 1.807) is 12.1 Å². The Morgan fingerprint density at radius 1 is 1.35 bits per heavy atom. The van der Waals surface area contributed by atoms with Crippen molar-refractivity contribution in [3.05, 3.63) is 35.4 Å². The molecule has 1 amide bonds. The molecular formula is C15H22F2N2O. The maximum Gasteiger partial charge on any atom is 0.263 e. The minimum Gasteiger partial charge on any atom is -0.351 e. The van der Waals surface area contributed by atoms with Crippen LogP contribution in [0.5, 0.6) is 0 Å². The maximum absolute atomic E-state index is 12.6. The highest BCUT2D eigenvalue weighted by atomic mass is 19.3. The zero-order valence-electron chi connectivity index (χ0n) is 12.1. The van der Waals surface area contributed by atoms with E-state index in [0.717, 1.165) is 0 Å². The fraction of sp³-hybridized carbons (Fsp3) is 0.533. The van der Waals surface area contributed by atoms with Gasteiger partial charge in [0.1, 0.15) is 0 Å². The Morgan fingerprint density at radius 3 is 2.50 bits per heavy atom. The largest absolute Gasteiger partial charge is 0.351 e. The van der Waals surface area contributed by atoms with Gasteiger partial charge in [-0.15, -0.1) is 0 Å². The molecule has 0 aliphatic rings. The Balaban J connectivity index is 2.78. The van der Waals surface area contributed by atoms with Gasteiger partial charge in [0.2, 0.25) is 5.91 Å². The van der Waals surface area contributed by atoms with Gasteiger partial charge in [-0.25, -0.2) is 8.78 Å². The van der Waals surface area contributed by atoms with Crippen molar-refractivity contribution in [2.75, 3.05) is 6.54 Å². The first-order valence-electron chi connectivity index (χ1n) is 6.62. The number of alkyl halides is 2. The molecule has 0 spiro atoms. The number of hydrogen-bond donors (Lipinski definition) is 2. The van der Waals surface area contributed by atoms with E-state index in [0.29, 0.717) is 12.0 Å². The lowest BCUT2D eigenvalue weighted by molar-refractivity contribution is -0.126. The molecular weight excluding hydrogens is 262 g/mol. The molecule has 0 saturated carbocycles. The van der Waals surface area contributed by atoms with Crippen LogP contribution in [0.15, 0.2) is 24.3 Å². The Labute approximate surface area is 118 Å². The number of nitrogens with one attached hydrogen (secondary N) is 1. The van der Waals surface area contributed by atoms with Gasteiger partial charge in [0.15, 0.2) is 0 Å². The summed E-state index contributed by atoms with van der Waals surface area (Å²) < 4.78 is 25.3. The minimum absolute atomic E-state index is 0.0329. The van der Waals surface area contributed by atoms with Crippen LogP contribution in [0.25, 0.3) is 0 Å². The van der Waals surface area contributed by atoms with E-state index in [1.165, 1.54) is 12.1 Å². The van der Waals surface area contributed by atoms with E-state index in [1.807, 2.05) is 20.8 Å². The first-order valence-corrected chi connectivity index (χ1v) is 6.62. The number of nitrogens with two attached hydrogens (primary N) is 1. The van der Waals surface area contributed by atoms with Crippen molar-refractivity contribution >= 4 is 5.91 Å². The topological polar surface area (TPSA) is 55.1 Å². The van der Waals surface area contributed by atoms with Crippen LogP contribution in [-0.2, 0) is 11.2 Å². The summed E-state index contributed by atoms with van der Waals surface area (Å²) in [5.41, 5.74) is 5.95. The Hall–Kier alpha value is -1.49. The first-order chi connectivity index (χ1) is 9.23. The normalized spacial score (nSPS) is 13.3. The van der Waals surface area contributed by atoms with Crippen molar-refractivity contribution in [2.45, 2.75) is 39.2 Å². The number of halogens is 2. The molecule has 0 saturated heterocycles. The van der Waals surface area contributed by atoms with Crippen LogP contribution in [0, 0.1) is 5.92 Å². The fourth-order valence-corrected chi connectivity index (χ4v) is 1.90. The second-order valence-electron chi connectivity index (χ2n) is 5.92. The second kappa shape index (κ2) is 6.79. The summed E-state index contributed by atoms with van der Waals surface area (Å²) in [5.74, 6) is -0.565. The monoisotopic (exact) mass is 284 g/mol. The van der Waals surface area contributed by atoms with Gasteiger partial charge in [0.05, 0.1) is 5.92 Å². The highest BCUT2D eigenvalue weighted by Gasteiger charge is 2.22. The Kier molecular flexibility index (Phi) is 5.62. The molecule has 0 radical (unpaired) electrons. The van der Waals surface area contributed by atoms with E-state index in [9.17, 15) is 13.6 Å². The summed E-state index contributed by atoms with van der Waals surface area (Å²) in [6.45, 7) is 5.84. The maximum atomic E-state index is 12.6. The molecule has 1 atom stereocenters. The molecule has 5 heteroatoms. The Morgan fingerprint density at radius 2 is 2.00 bits per heavy atom. The first kappa shape index (κ1) is 16.6. The molecule has 0 bridgehead atoms. The summed E-state index contributed by atoms with van der Waals surface area (Å²) >= 11 is 0. The molecule has 0 fully saturated rings. The van der Waals surface area contributed by atoms with Crippen LogP contribution in [0.2, 0.25) is 0 Å². The summed E-state index contributed by atoms with van der Waals surface area (Å²) in [4.78, 5) is 12.1. The van der Waals surface area contributed by atoms with Gasteiger partial charge in [-0.3, -0.25) is 4.79 Å². The fourth-order valence-electron chi connectivity index (χ4n) is 1.90. The number of rotatable bonds is 5. The van der Waals surface area contributed by atoms with Gasteiger partial charge in [0, 0.05) is 17.6 Å². The second-order valence-corrected chi connectivity index (χ2v) is 5.92. The van der Waals surface area contributed by atoms with Crippen LogP contribution in [0.4, 0.5) is 8.78 Å². The summed E-state index contributed by atoms with van der Waals surface area (Å²) in [6, 6.07) is 6.11. The molecule has 1 rings (SSSR count). The molecule has 112 valence electrons. The van der Waals surface area contributed by atoms with Crippen molar-refractivity contribution in [2.24, 2.45) is 11.7 Å². The van der Waals surface area contributed by atoms with Gasteiger partial charge < -0.3 is 11.1 Å². The van der Waals surface area contributed by atoms with Crippen molar-refractivity contribution in [3.8, 4) is 0 Å². The third kappa shape index (κ3) is 5.25. The number of benzene rings is 1. The van der Waals surface area contributed by atoms with Gasteiger partial charge in [-0.1, -0.05) is 24.3 Å². The van der Waals surface area contributed by atoms with Crippen LogP contribution < -0.4 is 11.1 Å². The average Bonchev–Trinajstić information content (AvgIpc) is 2.34. The predicted molar refractivity (Wildman–Crippen MR) is 75.5 cm³/mol. The van der Waals surface area contributed by atoms with E-state index in [4.69, 9.17) is 5.73 Å². The third-order valence-corrected chi connectivity index (χ3v) is 2.84. The van der Waals surface area contributed by atoms with Crippen LogP contribution in [0.3, 0.4) is 0 Å². The highest BCUT2D eigenvalue weighted by Crippen LogP contribution is 2.21. The quantitative estimate of drug-likeness (QED) is 0.873. The molecule has 1 aromatic carbocycles. The van der Waals surface area contributed by atoms with E-state index in [2.05, 4.69) is 5.32 Å². The van der Waals surface area contributed by atoms with Crippen LogP contribution >= 0.6 is 0 Å². The molecule has 3 nitrogen and oxygen atoms in total. The molecule has 3 N–H and O–H groups in total. The summed E-state index contributed by atoms with van der Waals surface area (Å²) in [7, 11) is 0. The molecule has 1 unspecified atom stereocenters. The van der Waals surface area contributed by atoms with Crippen molar-refractivity contribution in [3.63, 3.8) is 0 Å². The van der Waals surface area contributed by atoms with Gasteiger partial charge in [-0.05, 0) is 32.8 Å². The lowest BCUT2D eigenvalue weighted by Gasteiger charge is -2.24. The predicted octanol–water partition coefficient (Wildman–Crippen LogP) is 2.66. The summed E-state index contributed by atoms with van der Waals surface area (Å²) in [5, 5.41) is 2.86. The lowest BCUT2D eigenvalue weighted by Crippen LogP contribution is -2.46. The van der Waals surface area contributed by atoms with Gasteiger partial charge >= 0.3 is 0 Å². The third-order valence-electron chi connectivity index (χ3n) is 2.84. The molecule has 0 aromatic heterocycles. The highest BCUT2D eigenvalue weighted by molar-refractivity contribution is 5.79. The van der Waals surface area contributed by atoms with Crippen molar-refractivity contribution < 1.29 is 13.6 Å². The van der Waals surface area contributed by atoms with Gasteiger partial charge in [0.25, 0.3) is 6.43 Å². The zero-order chi connectivity index (χ0) is 15.3. The van der Waals surface area contributed by atoms with Crippen LogP contribution in [0.1, 0.15) is 38.3 Å². The molecule has 0 aliphatic heterocycles. The number of amides is 1. The van der Waals surface area contributed by atoms with Crippen LogP contribution in [-0.4, -0.2) is 18.0 Å². The molecule has 0 heterocycles. The number of hydrogen-bond acceptors (Lipinski definition) is 2. The molecule has 1 aromatic rings. The average molecular weight is 284 g/mol. The van der Waals surface area contributed by atoms with E-state index in [-0.39, 0.29) is 23.6 Å². The standard InChI is InChI=1S/C15H22F2N2O/c1-15(2,3)19-14(20)12(9-18)8-10-5-4-6-11(7-10)13(16)17/h4-7,12-13H,8-9,18H2,1-3H3,(H,19,20). The van der Waals surface area contributed by atoms with E-state index >= 15 is 0 Å². The Bertz CT molecular complexity index is 455. The zero-order valence-corrected chi connectivity index (χ0v) is 12.1. The summed E-state index contributed by atoms with van der Waals surface area (Å²) in [6.07, 6.45) is -2.14. The number of carbonyl (C=O) groups is 1. The van der Waals surface area contributed by atoms with Crippen molar-refractivity contribution in [1.29, 1.82) is 0 Å². The smallest absolute Gasteiger partial charge is 0.263 e. The van der Waals surface area contributed by atoms with E-state index < -0.39 is 12.3 Å². The van der Waals surface area contributed by atoms with Crippen molar-refractivity contribution in [1.82, 2.24) is 5.32 Å². The lowest BCUT2D eigenvalue weighted by atomic mass is 9.96. The number of carbonyl (C=O) groups excluding carboxylic acids is 1. The van der Waals surface area contributed by atoms with Gasteiger partial charge in [-0.2, -0.15) is 0 Å². The molecule has 0 aliphatic carbocycles. The minimum atomic E-state index is -2.50. The SMILES string of the molecule is CC(C)(C)NC(=O)C(CN)Cc1cccc(C(F)F)c1. The molecule has 20 heavy (non-hydrogen) atoms.